The molecule has 9 atom stereocenters. The molecule has 5 N–H and O–H groups in total. The van der Waals surface area contributed by atoms with Crippen LogP contribution in [-0.2, 0) is 0 Å². The number of carboxylic acid groups (broad SMARTS) is 1. The fourth-order valence-electron chi connectivity index (χ4n) is 22.1. The molecule has 114 heavy (non-hydrogen) atoms. The summed E-state index contributed by atoms with van der Waals surface area (Å²) in [5.41, 5.74) is 11.8. The van der Waals surface area contributed by atoms with Crippen LogP contribution in [0.25, 0.3) is 49.7 Å². The van der Waals surface area contributed by atoms with Gasteiger partial charge in [-0.05, 0) is 182 Å². The molecule has 9 aliphatic rings. The number of para-hydroxylation sites is 9. The Morgan fingerprint density at radius 3 is 1.05 bits per heavy atom. The molecule has 19 rings (SSSR count). The van der Waals surface area contributed by atoms with Crippen molar-refractivity contribution in [1.29, 1.82) is 0 Å². The van der Waals surface area contributed by atoms with Gasteiger partial charge in [0.25, 0.3) is 28.1 Å². The average Bonchev–Trinajstić information content (AvgIpc) is 0.974. The molecular formula is C90H108ClN13Na2O8. The second kappa shape index (κ2) is 38.1. The Hall–Kier alpha value is -7.12. The molecule has 6 aliphatic heterocycles. The Morgan fingerprint density at radius 1 is 0.342 bits per heavy atom. The number of piperidine rings is 3. The van der Waals surface area contributed by atoms with Gasteiger partial charge < -0.3 is 45.4 Å². The predicted octanol–water partition coefficient (Wildman–Crippen LogP) is 10.0. The number of benzene rings is 6. The van der Waals surface area contributed by atoms with Gasteiger partial charge in [-0.3, -0.25) is 43.1 Å². The minimum absolute atomic E-state index is 0. The first kappa shape index (κ1) is 84.8. The van der Waals surface area contributed by atoms with E-state index in [2.05, 4.69) is 35.3 Å². The van der Waals surface area contributed by atoms with Crippen LogP contribution in [0.4, 0.5) is 23.0 Å². The Balaban J connectivity index is 0.000000147. The number of hydrogen-bond donors (Lipinski definition) is 3. The van der Waals surface area contributed by atoms with Crippen LogP contribution in [-0.4, -0.2) is 119 Å². The van der Waals surface area contributed by atoms with Crippen molar-refractivity contribution in [3.8, 4) is 0 Å². The number of primary amides is 1. The van der Waals surface area contributed by atoms with Crippen LogP contribution in [0.1, 0.15) is 251 Å². The zero-order chi connectivity index (χ0) is 74.9. The van der Waals surface area contributed by atoms with E-state index in [0.29, 0.717) is 82.2 Å². The number of hydrogen-bond acceptors (Lipinski definition) is 16. The molecule has 0 spiro atoms. The third-order valence-corrected chi connectivity index (χ3v) is 26.9. The van der Waals surface area contributed by atoms with Gasteiger partial charge in [-0.1, -0.05) is 175 Å². The molecule has 10 aromatic rings. The molecule has 3 unspecified atom stereocenters. The Bertz CT molecular complexity index is 5060. The van der Waals surface area contributed by atoms with E-state index in [-0.39, 0.29) is 140 Å². The number of aromatic carboxylic acids is 1. The van der Waals surface area contributed by atoms with E-state index >= 15 is 0 Å². The molecule has 6 aromatic carbocycles. The monoisotopic (exact) mass is 1580 g/mol. The van der Waals surface area contributed by atoms with Gasteiger partial charge in [0.1, 0.15) is 0 Å². The number of nitrogens with two attached hydrogens (primary N) is 1. The summed E-state index contributed by atoms with van der Waals surface area (Å²) >= 11 is 0. The Kier molecular flexibility index (Phi) is 28.3. The van der Waals surface area contributed by atoms with Crippen LogP contribution in [0.2, 0.25) is 0 Å². The van der Waals surface area contributed by atoms with Crippen molar-refractivity contribution in [2.75, 3.05) is 10.6 Å². The average molecular weight is 1580 g/mol. The number of carboxylic acids is 1. The zero-order valence-electron chi connectivity index (χ0n) is 66.4. The van der Waals surface area contributed by atoms with E-state index in [4.69, 9.17) is 10.7 Å². The summed E-state index contributed by atoms with van der Waals surface area (Å²) in [5, 5.41) is 18.4. The van der Waals surface area contributed by atoms with Crippen molar-refractivity contribution < 1.29 is 79.3 Å². The number of carbonyl (C=O) groups is 2. The van der Waals surface area contributed by atoms with E-state index in [1.165, 1.54) is 184 Å². The van der Waals surface area contributed by atoms with Gasteiger partial charge in [0.05, 0.1) is 61.2 Å². The minimum Gasteiger partial charge on any atom is -0.870 e. The molecular weight excluding hydrogens is 1470 g/mol. The topological polar surface area (TPSA) is 273 Å². The van der Waals surface area contributed by atoms with Crippen molar-refractivity contribution in [1.82, 2.24) is 47.8 Å². The van der Waals surface area contributed by atoms with Crippen molar-refractivity contribution in [2.24, 2.45) is 5.73 Å². The maximum Gasteiger partial charge on any atom is 1.00 e. The van der Waals surface area contributed by atoms with E-state index in [0.717, 1.165) is 71.6 Å². The van der Waals surface area contributed by atoms with Crippen molar-refractivity contribution in [3.05, 3.63) is 198 Å². The minimum atomic E-state index is -1.29. The smallest absolute Gasteiger partial charge is 0.870 e. The Labute approximate surface area is 717 Å². The predicted molar refractivity (Wildman–Crippen MR) is 443 cm³/mol. The van der Waals surface area contributed by atoms with Gasteiger partial charge in [0.2, 0.25) is 5.65 Å². The summed E-state index contributed by atoms with van der Waals surface area (Å²) in [4.78, 5) is 102. The number of amides is 1. The van der Waals surface area contributed by atoms with Gasteiger partial charge in [-0.2, -0.15) is 0 Å². The molecule has 3 aliphatic carbocycles. The number of nitrogens with zero attached hydrogens (tertiary/aromatic N) is 10. The zero-order valence-corrected chi connectivity index (χ0v) is 71.2. The second-order valence-corrected chi connectivity index (χ2v) is 33.4. The molecule has 6 bridgehead atoms. The molecule has 9 fully saturated rings. The first-order valence-corrected chi connectivity index (χ1v) is 41.9. The number of nitrogens with one attached hydrogen (secondary N) is 2. The number of aromatic nitrogens is 7. The normalized spacial score (nSPS) is 24.4. The third-order valence-electron chi connectivity index (χ3n) is 26.9. The van der Waals surface area contributed by atoms with Crippen molar-refractivity contribution >= 4 is 96.9 Å². The van der Waals surface area contributed by atoms with Crippen LogP contribution in [0.5, 0.6) is 0 Å². The largest absolute Gasteiger partial charge is 1.00 e. The fraction of sp³-hybridized carbons (Fsp3) is 0.500. The Morgan fingerprint density at radius 2 is 0.658 bits per heavy atom. The first-order chi connectivity index (χ1) is 53.9. The molecule has 10 heterocycles. The summed E-state index contributed by atoms with van der Waals surface area (Å²) in [6.07, 6.45) is 41.7. The van der Waals surface area contributed by atoms with Crippen LogP contribution in [0, 0.1) is 0 Å². The molecule has 21 nitrogen and oxygen atoms in total. The fourth-order valence-corrected chi connectivity index (χ4v) is 22.1. The molecule has 590 valence electrons. The summed E-state index contributed by atoms with van der Waals surface area (Å²) in [7, 11) is 0. The van der Waals surface area contributed by atoms with Gasteiger partial charge in [-0.25, -0.2) is 15.0 Å². The summed E-state index contributed by atoms with van der Waals surface area (Å²) in [6.45, 7) is 0. The van der Waals surface area contributed by atoms with E-state index in [1.54, 1.807) is 42.5 Å². The van der Waals surface area contributed by atoms with Crippen molar-refractivity contribution in [2.45, 2.75) is 284 Å². The maximum absolute atomic E-state index is 14.1. The van der Waals surface area contributed by atoms with Crippen molar-refractivity contribution in [3.63, 3.8) is 0 Å². The van der Waals surface area contributed by atoms with Crippen LogP contribution in [0.3, 0.4) is 0 Å². The van der Waals surface area contributed by atoms with E-state index < -0.39 is 11.9 Å². The SMILES string of the molecule is Cl.NC(=O)c1ccccc1Nc1nc2ccccc2n(C2C[C@H]3CC[C@@H](C2)N3C2CCCCCCC2)c1=O.O=C([O-])c1ccccc1Nc1nc2ccccc2n(C2C[C@H]3CC[C@@H](C2)N3C2CCCCCCC2)c1=O.O=c1c2nc3ccccc3c(=O)n2c2ccccc2n1C1C[C@H]2CC[C@@H](C1)N2C1CCCCCCC1.[Na+].[Na+].[OH-]. The summed E-state index contributed by atoms with van der Waals surface area (Å²) in [5.74, 6) is -1.44. The second-order valence-electron chi connectivity index (χ2n) is 33.4. The van der Waals surface area contributed by atoms with Gasteiger partial charge >= 0.3 is 59.1 Å². The number of halogens is 1. The molecule has 1 amide bonds. The third kappa shape index (κ3) is 17.3. The van der Waals surface area contributed by atoms with Crippen LogP contribution >= 0.6 is 12.4 Å². The summed E-state index contributed by atoms with van der Waals surface area (Å²) in [6, 6.07) is 50.0. The summed E-state index contributed by atoms with van der Waals surface area (Å²) < 4.78 is 7.45. The van der Waals surface area contributed by atoms with E-state index in [9.17, 15) is 33.9 Å². The number of fused-ring (bicyclic) bond motifs is 12. The van der Waals surface area contributed by atoms with Gasteiger partial charge in [0.15, 0.2) is 11.6 Å². The quantitative estimate of drug-likeness (QED) is 0.0583. The molecule has 0 radical (unpaired) electrons. The number of rotatable bonds is 12. The molecule has 24 heteroatoms. The van der Waals surface area contributed by atoms with Crippen LogP contribution < -0.4 is 103 Å². The van der Waals surface area contributed by atoms with Gasteiger partial charge in [-0.15, -0.1) is 12.4 Å². The van der Waals surface area contributed by atoms with Gasteiger partial charge in [0, 0.05) is 83.8 Å². The molecule has 6 saturated heterocycles. The van der Waals surface area contributed by atoms with Crippen LogP contribution in [0.15, 0.2) is 165 Å². The number of anilines is 4. The molecule has 3 saturated carbocycles. The van der Waals surface area contributed by atoms with E-state index in [1.807, 2.05) is 111 Å². The first-order valence-electron chi connectivity index (χ1n) is 41.9. The maximum atomic E-state index is 14.1. The number of carbonyl (C=O) groups excluding carboxylic acids is 2. The molecule has 4 aromatic heterocycles. The standard InChI is InChI=1S/C30H37N5O2.C30H36N4O3.C30H34N4O2.ClH.2Na.H2O/c31-28(36)24-12-6-7-13-25(24)32-29-30(37)35(27-15-9-8-14-26(27)33-29)23-18-21-16-17-22(19-23)34(21)20-10-4-2-1-3-5-11-20;35-29-28(31-25-13-7-6-12-24(25)30(36)37)32-26-14-8-9-15-27(26)34(29)23-18-21-16-17-22(19-23)33(21)20-10-4-2-1-3-5-11-20;35-29-24-12-6-7-13-25(24)31-28-30(36)33(26-14-8-9-15-27(26)34(28)29)23-18-21-16-17-22(19-23)32(21)20-10-4-2-1-3-5-11-20;;;;/h6-9,12-15,20-23H,1-5,10-11,16-19H2,(H2,31,36)(H,32,33);6-9,12-15,20-23H,1-5,10-11,16-19H2,(H,31,32)(H,36,37);6-9,12-15,20-23H,1-5,10-11,16-19H2;1H;;;1H2/q;;;;2*+1;/p-2/t3*21-,22+,23?;;;;.